The molecule has 3 nitrogen and oxygen atoms in total. The number of aryl methyl sites for hydroxylation is 1. The summed E-state index contributed by atoms with van der Waals surface area (Å²) in [6.07, 6.45) is 2.30. The molecule has 100 valence electrons. The lowest BCUT2D eigenvalue weighted by Crippen LogP contribution is -2.47. The van der Waals surface area contributed by atoms with Crippen molar-refractivity contribution in [2.45, 2.75) is 38.8 Å². The molecule has 18 heavy (non-hydrogen) atoms. The van der Waals surface area contributed by atoms with Crippen molar-refractivity contribution >= 4 is 5.69 Å². The van der Waals surface area contributed by atoms with Crippen molar-refractivity contribution in [1.82, 2.24) is 0 Å². The third kappa shape index (κ3) is 2.68. The molecule has 1 aliphatic heterocycles. The highest BCUT2D eigenvalue weighted by Gasteiger charge is 2.31. The molecule has 0 radical (unpaired) electrons. The van der Waals surface area contributed by atoms with E-state index in [0.29, 0.717) is 6.54 Å². The van der Waals surface area contributed by atoms with Crippen LogP contribution in [0, 0.1) is 6.92 Å². The van der Waals surface area contributed by atoms with Crippen LogP contribution in [0.2, 0.25) is 0 Å². The molecule has 1 unspecified atom stereocenters. The van der Waals surface area contributed by atoms with Gasteiger partial charge in [-0.15, -0.1) is 0 Å². The van der Waals surface area contributed by atoms with Crippen LogP contribution >= 0.6 is 0 Å². The van der Waals surface area contributed by atoms with E-state index in [1.165, 1.54) is 23.2 Å². The zero-order chi connectivity index (χ0) is 13.2. The maximum absolute atomic E-state index is 5.85. The fourth-order valence-corrected chi connectivity index (χ4v) is 2.72. The Bertz CT molecular complexity index is 419. The van der Waals surface area contributed by atoms with Crippen molar-refractivity contribution in [3.63, 3.8) is 0 Å². The van der Waals surface area contributed by atoms with E-state index in [2.05, 4.69) is 36.9 Å². The Hall–Kier alpha value is -1.06. The fraction of sp³-hybridized carbons (Fsp3) is 0.600. The van der Waals surface area contributed by atoms with E-state index in [-0.39, 0.29) is 5.60 Å². The predicted molar refractivity (Wildman–Crippen MR) is 75.9 cm³/mol. The van der Waals surface area contributed by atoms with Crippen LogP contribution in [0.25, 0.3) is 0 Å². The minimum Gasteiger partial charge on any atom is -0.377 e. The molecular formula is C15H24N2O. The van der Waals surface area contributed by atoms with Gasteiger partial charge in [0, 0.05) is 32.4 Å². The molecule has 3 heteroatoms. The number of hydrogen-bond acceptors (Lipinski definition) is 3. The Kier molecular flexibility index (Phi) is 3.93. The molecule has 0 aromatic heterocycles. The van der Waals surface area contributed by atoms with Crippen molar-refractivity contribution in [2.75, 3.05) is 25.1 Å². The molecule has 1 saturated heterocycles. The minimum absolute atomic E-state index is 0.0339. The normalized spacial score (nSPS) is 24.3. The SMILES string of the molecule is COC1(C)CCCN(c2cc(C)ccc2CN)C1. The second-order valence-corrected chi connectivity index (χ2v) is 5.52. The fourth-order valence-electron chi connectivity index (χ4n) is 2.72. The van der Waals surface area contributed by atoms with E-state index < -0.39 is 0 Å². The van der Waals surface area contributed by atoms with Gasteiger partial charge < -0.3 is 15.4 Å². The molecule has 1 aromatic rings. The highest BCUT2D eigenvalue weighted by molar-refractivity contribution is 5.56. The summed E-state index contributed by atoms with van der Waals surface area (Å²) in [5.41, 5.74) is 9.60. The molecule has 1 heterocycles. The Balaban J connectivity index is 2.28. The number of anilines is 1. The van der Waals surface area contributed by atoms with Crippen LogP contribution in [0.1, 0.15) is 30.9 Å². The molecule has 0 amide bonds. The Morgan fingerprint density at radius 2 is 2.22 bits per heavy atom. The van der Waals surface area contributed by atoms with Gasteiger partial charge in [-0.1, -0.05) is 12.1 Å². The summed E-state index contributed by atoms with van der Waals surface area (Å²) in [6.45, 7) is 6.95. The topological polar surface area (TPSA) is 38.5 Å². The van der Waals surface area contributed by atoms with Crippen LogP contribution in [0.3, 0.4) is 0 Å². The number of nitrogens with two attached hydrogens (primary N) is 1. The second kappa shape index (κ2) is 5.29. The van der Waals surface area contributed by atoms with Gasteiger partial charge in [0.2, 0.25) is 0 Å². The minimum atomic E-state index is -0.0339. The van der Waals surface area contributed by atoms with Crippen LogP contribution in [-0.2, 0) is 11.3 Å². The average molecular weight is 248 g/mol. The third-order valence-corrected chi connectivity index (χ3v) is 3.95. The standard InChI is InChI=1S/C15H24N2O/c1-12-5-6-13(10-16)14(9-12)17-8-4-7-15(2,11-17)18-3/h5-6,9H,4,7-8,10-11,16H2,1-3H3. The van der Waals surface area contributed by atoms with Crippen molar-refractivity contribution < 1.29 is 4.74 Å². The van der Waals surface area contributed by atoms with Crippen LogP contribution in [0.4, 0.5) is 5.69 Å². The summed E-state index contributed by atoms with van der Waals surface area (Å²) >= 11 is 0. The second-order valence-electron chi connectivity index (χ2n) is 5.52. The Labute approximate surface area is 110 Å². The maximum Gasteiger partial charge on any atom is 0.0825 e. The molecular weight excluding hydrogens is 224 g/mol. The third-order valence-electron chi connectivity index (χ3n) is 3.95. The first-order chi connectivity index (χ1) is 8.58. The molecule has 2 rings (SSSR count). The largest absolute Gasteiger partial charge is 0.377 e. The Morgan fingerprint density at radius 3 is 2.89 bits per heavy atom. The number of methoxy groups -OCH3 is 1. The number of rotatable bonds is 3. The molecule has 0 saturated carbocycles. The zero-order valence-electron chi connectivity index (χ0n) is 11.7. The zero-order valence-corrected chi connectivity index (χ0v) is 11.7. The molecule has 2 N–H and O–H groups in total. The summed E-state index contributed by atoms with van der Waals surface area (Å²) in [5, 5.41) is 0. The van der Waals surface area contributed by atoms with Crippen molar-refractivity contribution in [1.29, 1.82) is 0 Å². The molecule has 0 spiro atoms. The van der Waals surface area contributed by atoms with Gasteiger partial charge >= 0.3 is 0 Å². The molecule has 1 atom stereocenters. The number of hydrogen-bond donors (Lipinski definition) is 1. The number of benzene rings is 1. The van der Waals surface area contributed by atoms with Gasteiger partial charge in [0.25, 0.3) is 0 Å². The first-order valence-electron chi connectivity index (χ1n) is 6.68. The molecule has 1 fully saturated rings. The van der Waals surface area contributed by atoms with Gasteiger partial charge in [-0.05, 0) is 43.9 Å². The smallest absolute Gasteiger partial charge is 0.0825 e. The van der Waals surface area contributed by atoms with Gasteiger partial charge in [0.15, 0.2) is 0 Å². The van der Waals surface area contributed by atoms with E-state index in [9.17, 15) is 0 Å². The van der Waals surface area contributed by atoms with Crippen LogP contribution < -0.4 is 10.6 Å². The van der Waals surface area contributed by atoms with E-state index >= 15 is 0 Å². The van der Waals surface area contributed by atoms with Crippen LogP contribution in [0.5, 0.6) is 0 Å². The van der Waals surface area contributed by atoms with E-state index in [0.717, 1.165) is 19.5 Å². The van der Waals surface area contributed by atoms with Crippen LogP contribution in [-0.4, -0.2) is 25.8 Å². The van der Waals surface area contributed by atoms with Gasteiger partial charge in [-0.25, -0.2) is 0 Å². The van der Waals surface area contributed by atoms with E-state index in [1.54, 1.807) is 0 Å². The summed E-state index contributed by atoms with van der Waals surface area (Å²) in [6, 6.07) is 6.51. The quantitative estimate of drug-likeness (QED) is 0.893. The van der Waals surface area contributed by atoms with E-state index in [1.807, 2.05) is 7.11 Å². The maximum atomic E-state index is 5.85. The highest BCUT2D eigenvalue weighted by atomic mass is 16.5. The Morgan fingerprint density at radius 1 is 1.44 bits per heavy atom. The molecule has 0 bridgehead atoms. The number of ether oxygens (including phenoxy) is 1. The van der Waals surface area contributed by atoms with Gasteiger partial charge in [0.05, 0.1) is 5.60 Å². The van der Waals surface area contributed by atoms with Crippen molar-refractivity contribution in [2.24, 2.45) is 5.73 Å². The number of nitrogens with zero attached hydrogens (tertiary/aromatic N) is 1. The first kappa shape index (κ1) is 13.4. The van der Waals surface area contributed by atoms with Gasteiger partial charge in [0.1, 0.15) is 0 Å². The monoisotopic (exact) mass is 248 g/mol. The van der Waals surface area contributed by atoms with Gasteiger partial charge in [-0.2, -0.15) is 0 Å². The summed E-state index contributed by atoms with van der Waals surface area (Å²) in [7, 11) is 1.81. The molecule has 1 aliphatic rings. The van der Waals surface area contributed by atoms with Crippen molar-refractivity contribution in [3.05, 3.63) is 29.3 Å². The highest BCUT2D eigenvalue weighted by Crippen LogP contribution is 2.30. The summed E-state index contributed by atoms with van der Waals surface area (Å²) in [4.78, 5) is 2.42. The predicted octanol–water partition coefficient (Wildman–Crippen LogP) is 2.46. The van der Waals surface area contributed by atoms with Crippen LogP contribution in [0.15, 0.2) is 18.2 Å². The lowest BCUT2D eigenvalue weighted by Gasteiger charge is -2.41. The lowest BCUT2D eigenvalue weighted by atomic mass is 9.93. The molecule has 0 aliphatic carbocycles. The number of piperidine rings is 1. The van der Waals surface area contributed by atoms with Gasteiger partial charge in [-0.3, -0.25) is 0 Å². The van der Waals surface area contributed by atoms with Crippen molar-refractivity contribution in [3.8, 4) is 0 Å². The molecule has 1 aromatic carbocycles. The lowest BCUT2D eigenvalue weighted by molar-refractivity contribution is -0.00468. The first-order valence-corrected chi connectivity index (χ1v) is 6.68. The van der Waals surface area contributed by atoms with E-state index in [4.69, 9.17) is 10.5 Å². The average Bonchev–Trinajstić information content (AvgIpc) is 2.39. The summed E-state index contributed by atoms with van der Waals surface area (Å²) < 4.78 is 5.66. The summed E-state index contributed by atoms with van der Waals surface area (Å²) in [5.74, 6) is 0.